The Morgan fingerprint density at radius 3 is 2.47 bits per heavy atom. The molecule has 180 valence electrons. The summed E-state index contributed by atoms with van der Waals surface area (Å²) < 4.78 is 5.04. The maximum atomic E-state index is 12.5. The summed E-state index contributed by atoms with van der Waals surface area (Å²) in [6.07, 6.45) is -2.47. The third-order valence-electron chi connectivity index (χ3n) is 6.40. The zero-order chi connectivity index (χ0) is 24.2. The molecule has 2 fully saturated rings. The molecule has 34 heavy (non-hydrogen) atoms. The van der Waals surface area contributed by atoms with Crippen LogP contribution < -0.4 is 10.2 Å². The van der Waals surface area contributed by atoms with E-state index in [1.807, 2.05) is 30.3 Å². The van der Waals surface area contributed by atoms with E-state index in [1.54, 1.807) is 0 Å². The van der Waals surface area contributed by atoms with Crippen molar-refractivity contribution in [2.45, 2.75) is 50.0 Å². The van der Waals surface area contributed by atoms with Crippen molar-refractivity contribution in [3.8, 4) is 6.07 Å². The second-order valence-corrected chi connectivity index (χ2v) is 8.76. The van der Waals surface area contributed by atoms with Crippen molar-refractivity contribution in [3.05, 3.63) is 47.5 Å². The summed E-state index contributed by atoms with van der Waals surface area (Å²) in [5, 5.41) is 52.9. The fourth-order valence-corrected chi connectivity index (χ4v) is 4.39. The van der Waals surface area contributed by atoms with Gasteiger partial charge in [-0.25, -0.2) is 0 Å². The molecule has 0 spiro atoms. The summed E-state index contributed by atoms with van der Waals surface area (Å²) in [6, 6.07) is 13.9. The number of nitrogens with one attached hydrogen (secondary N) is 1. The molecule has 0 saturated carbocycles. The highest BCUT2D eigenvalue weighted by Gasteiger charge is 2.42. The fraction of sp³-hybridized carbons (Fsp3) is 0.440. The van der Waals surface area contributed by atoms with Crippen LogP contribution in [0.4, 0.5) is 5.69 Å². The van der Waals surface area contributed by atoms with Gasteiger partial charge in [-0.2, -0.15) is 5.26 Å². The van der Waals surface area contributed by atoms with Crippen LogP contribution in [0.5, 0.6) is 0 Å². The number of piperidine rings is 1. The first-order valence-corrected chi connectivity index (χ1v) is 11.4. The summed E-state index contributed by atoms with van der Waals surface area (Å²) in [6.45, 7) is 1.86. The number of carbonyl (C=O) groups excluding carboxylic acids is 1. The van der Waals surface area contributed by atoms with Crippen LogP contribution in [0, 0.1) is 11.3 Å². The number of hydrogen-bond donors (Lipinski definition) is 5. The van der Waals surface area contributed by atoms with E-state index in [0.29, 0.717) is 5.56 Å². The number of ether oxygens (including phenoxy) is 1. The van der Waals surface area contributed by atoms with E-state index in [1.165, 1.54) is 31.0 Å². The van der Waals surface area contributed by atoms with Gasteiger partial charge in [-0.3, -0.25) is 4.79 Å². The van der Waals surface area contributed by atoms with Crippen molar-refractivity contribution >= 4 is 28.4 Å². The van der Waals surface area contributed by atoms with Gasteiger partial charge in [0.2, 0.25) is 0 Å². The largest absolute Gasteiger partial charge is 0.388 e. The standard InChI is InChI=1S/C25H29N3O6/c26-13-18(24(32)27-14-20-21(29)22(30)23(31)25(33)34-20)11-15-4-5-17-12-19(7-6-16(17)10-15)28-8-2-1-3-9-28/h4-7,10-12,20-23,25,29-31,33H,1-3,8-9,14H2,(H,27,32)/b18-11-/t20-,21-,22+,23+,25?/m1/s1. The number of carbonyl (C=O) groups is 1. The first kappa shape index (κ1) is 24.1. The number of anilines is 1. The maximum Gasteiger partial charge on any atom is 0.262 e. The van der Waals surface area contributed by atoms with Crippen molar-refractivity contribution in [2.24, 2.45) is 0 Å². The quantitative estimate of drug-likeness (QED) is 0.318. The summed E-state index contributed by atoms with van der Waals surface area (Å²) in [7, 11) is 0. The normalized spacial score (nSPS) is 27.9. The van der Waals surface area contributed by atoms with Crippen molar-refractivity contribution in [2.75, 3.05) is 24.5 Å². The number of fused-ring (bicyclic) bond motifs is 1. The first-order chi connectivity index (χ1) is 16.4. The number of rotatable bonds is 5. The predicted molar refractivity (Wildman–Crippen MR) is 126 cm³/mol. The van der Waals surface area contributed by atoms with Gasteiger partial charge in [0.15, 0.2) is 6.29 Å². The Balaban J connectivity index is 1.44. The second kappa shape index (κ2) is 10.5. The molecule has 5 N–H and O–H groups in total. The highest BCUT2D eigenvalue weighted by molar-refractivity contribution is 6.02. The first-order valence-electron chi connectivity index (χ1n) is 11.4. The molecule has 2 heterocycles. The molecule has 9 nitrogen and oxygen atoms in total. The smallest absolute Gasteiger partial charge is 0.262 e. The van der Waals surface area contributed by atoms with Gasteiger partial charge in [-0.15, -0.1) is 0 Å². The molecule has 0 radical (unpaired) electrons. The van der Waals surface area contributed by atoms with E-state index in [4.69, 9.17) is 4.74 Å². The zero-order valence-corrected chi connectivity index (χ0v) is 18.7. The van der Waals surface area contributed by atoms with E-state index >= 15 is 0 Å². The molecule has 9 heteroatoms. The Morgan fingerprint density at radius 2 is 1.74 bits per heavy atom. The summed E-state index contributed by atoms with van der Waals surface area (Å²) in [5.74, 6) is -0.686. The molecule has 1 amide bonds. The van der Waals surface area contributed by atoms with Gasteiger partial charge >= 0.3 is 0 Å². The van der Waals surface area contributed by atoms with E-state index in [9.17, 15) is 30.5 Å². The minimum Gasteiger partial charge on any atom is -0.388 e. The third-order valence-corrected chi connectivity index (χ3v) is 6.40. The maximum absolute atomic E-state index is 12.5. The summed E-state index contributed by atoms with van der Waals surface area (Å²) >= 11 is 0. The van der Waals surface area contributed by atoms with Crippen LogP contribution in [0.25, 0.3) is 16.8 Å². The average Bonchev–Trinajstić information content (AvgIpc) is 2.87. The molecule has 2 aliphatic rings. The van der Waals surface area contributed by atoms with Crippen LogP contribution in [0.1, 0.15) is 24.8 Å². The highest BCUT2D eigenvalue weighted by Crippen LogP contribution is 2.26. The SMILES string of the molecule is N#C/C(=C/c1ccc2cc(N3CCCCC3)ccc2c1)C(=O)NC[C@H]1OC(O)[C@@H](O)[C@@H](O)[C@@H]1O. The molecular formula is C25H29N3O6. The van der Waals surface area contributed by atoms with Gasteiger partial charge in [0.05, 0.1) is 0 Å². The number of amides is 1. The van der Waals surface area contributed by atoms with Crippen molar-refractivity contribution < 1.29 is 30.0 Å². The number of benzene rings is 2. The Kier molecular flexibility index (Phi) is 7.46. The van der Waals surface area contributed by atoms with Gasteiger partial charge in [0.1, 0.15) is 36.1 Å². The van der Waals surface area contributed by atoms with Crippen molar-refractivity contribution in [3.63, 3.8) is 0 Å². The molecule has 0 aromatic heterocycles. The number of aliphatic hydroxyl groups is 4. The minimum atomic E-state index is -1.70. The van der Waals surface area contributed by atoms with Gasteiger partial charge in [0, 0.05) is 25.3 Å². The molecule has 5 atom stereocenters. The molecule has 2 aromatic carbocycles. The monoisotopic (exact) mass is 467 g/mol. The van der Waals surface area contributed by atoms with Crippen LogP contribution in [-0.4, -0.2) is 76.7 Å². The molecule has 4 rings (SSSR count). The Morgan fingerprint density at radius 1 is 1.03 bits per heavy atom. The lowest BCUT2D eigenvalue weighted by Gasteiger charge is -2.38. The molecular weight excluding hydrogens is 438 g/mol. The molecule has 0 bridgehead atoms. The Labute approximate surface area is 197 Å². The van der Waals surface area contributed by atoms with Crippen LogP contribution in [0.3, 0.4) is 0 Å². The van der Waals surface area contributed by atoms with Gasteiger partial charge < -0.3 is 35.4 Å². The van der Waals surface area contributed by atoms with Crippen molar-refractivity contribution in [1.82, 2.24) is 5.32 Å². The number of aliphatic hydroxyl groups excluding tert-OH is 4. The molecule has 2 saturated heterocycles. The lowest BCUT2D eigenvalue weighted by Crippen LogP contribution is -2.60. The minimum absolute atomic E-state index is 0.143. The molecule has 0 aliphatic carbocycles. The third kappa shape index (κ3) is 5.22. The lowest BCUT2D eigenvalue weighted by molar-refractivity contribution is -0.280. The average molecular weight is 468 g/mol. The molecule has 1 unspecified atom stereocenters. The number of nitrogens with zero attached hydrogens (tertiary/aromatic N) is 2. The number of hydrogen-bond acceptors (Lipinski definition) is 8. The van der Waals surface area contributed by atoms with Crippen LogP contribution in [-0.2, 0) is 9.53 Å². The van der Waals surface area contributed by atoms with Gasteiger partial charge in [-0.05, 0) is 59.9 Å². The zero-order valence-electron chi connectivity index (χ0n) is 18.7. The van der Waals surface area contributed by atoms with Gasteiger partial charge in [-0.1, -0.05) is 18.2 Å². The second-order valence-electron chi connectivity index (χ2n) is 8.76. The topological polar surface area (TPSA) is 146 Å². The van der Waals surface area contributed by atoms with E-state index in [2.05, 4.69) is 22.3 Å². The number of nitriles is 1. The summed E-state index contributed by atoms with van der Waals surface area (Å²) in [5.41, 5.74) is 1.74. The molecule has 2 aromatic rings. The summed E-state index contributed by atoms with van der Waals surface area (Å²) in [4.78, 5) is 14.9. The van der Waals surface area contributed by atoms with E-state index in [-0.39, 0.29) is 12.1 Å². The fourth-order valence-electron chi connectivity index (χ4n) is 4.39. The Hall–Kier alpha value is -3.00. The molecule has 2 aliphatic heterocycles. The van der Waals surface area contributed by atoms with Crippen LogP contribution in [0.2, 0.25) is 0 Å². The van der Waals surface area contributed by atoms with E-state index < -0.39 is 36.6 Å². The van der Waals surface area contributed by atoms with Gasteiger partial charge in [0.25, 0.3) is 5.91 Å². The van der Waals surface area contributed by atoms with Crippen LogP contribution >= 0.6 is 0 Å². The Bertz CT molecular complexity index is 1110. The van der Waals surface area contributed by atoms with Crippen LogP contribution in [0.15, 0.2) is 42.0 Å². The highest BCUT2D eigenvalue weighted by atomic mass is 16.6. The van der Waals surface area contributed by atoms with Crippen molar-refractivity contribution in [1.29, 1.82) is 5.26 Å². The van der Waals surface area contributed by atoms with E-state index in [0.717, 1.165) is 23.9 Å². The predicted octanol–water partition coefficient (Wildman–Crippen LogP) is 0.653. The lowest BCUT2D eigenvalue weighted by atomic mass is 9.99.